The van der Waals surface area contributed by atoms with Gasteiger partial charge in [-0.15, -0.1) is 11.3 Å². The zero-order chi connectivity index (χ0) is 15.8. The van der Waals surface area contributed by atoms with Gasteiger partial charge in [0.05, 0.1) is 11.6 Å². The van der Waals surface area contributed by atoms with Gasteiger partial charge in [0, 0.05) is 5.41 Å². The molecule has 0 aromatic carbocycles. The third-order valence-corrected chi connectivity index (χ3v) is 4.22. The maximum absolute atomic E-state index is 11.8. The van der Waals surface area contributed by atoms with Crippen molar-refractivity contribution in [2.24, 2.45) is 0 Å². The molecule has 0 aliphatic rings. The van der Waals surface area contributed by atoms with Gasteiger partial charge in [0.1, 0.15) is 16.3 Å². The first-order valence-corrected chi connectivity index (χ1v) is 7.22. The minimum Gasteiger partial charge on any atom is -0.504 e. The van der Waals surface area contributed by atoms with Crippen LogP contribution in [0.2, 0.25) is 0 Å². The molecule has 6 nitrogen and oxygen atoms in total. The van der Waals surface area contributed by atoms with Crippen LogP contribution in [0.4, 0.5) is 0 Å². The summed E-state index contributed by atoms with van der Waals surface area (Å²) in [5.74, 6) is -1.03. The molecule has 0 aliphatic carbocycles. The molecule has 2 aromatic rings. The summed E-state index contributed by atoms with van der Waals surface area (Å²) in [7, 11) is 0. The third kappa shape index (κ3) is 2.67. The van der Waals surface area contributed by atoms with Crippen LogP contribution in [0.1, 0.15) is 48.9 Å². The molecule has 0 atom stereocenters. The van der Waals surface area contributed by atoms with Gasteiger partial charge >= 0.3 is 5.97 Å². The van der Waals surface area contributed by atoms with Crippen molar-refractivity contribution in [3.05, 3.63) is 16.4 Å². The minimum atomic E-state index is -0.751. The Morgan fingerprint density at radius 3 is 2.62 bits per heavy atom. The van der Waals surface area contributed by atoms with E-state index >= 15 is 0 Å². The van der Waals surface area contributed by atoms with E-state index in [9.17, 15) is 15.2 Å². The van der Waals surface area contributed by atoms with Crippen molar-refractivity contribution in [1.82, 2.24) is 9.97 Å². The number of aromatic hydroxyl groups is 1. The Morgan fingerprint density at radius 1 is 1.43 bits per heavy atom. The number of thiazole rings is 1. The number of esters is 1. The monoisotopic (exact) mass is 305 g/mol. The average Bonchev–Trinajstić information content (AvgIpc) is 2.85. The van der Waals surface area contributed by atoms with Gasteiger partial charge in [-0.3, -0.25) is 0 Å². The first-order valence-electron chi connectivity index (χ1n) is 6.40. The van der Waals surface area contributed by atoms with E-state index in [1.54, 1.807) is 6.92 Å². The molecule has 0 radical (unpaired) electrons. The summed E-state index contributed by atoms with van der Waals surface area (Å²) < 4.78 is 5.23. The third-order valence-electron chi connectivity index (χ3n) is 2.73. The fraction of sp³-hybridized carbons (Fsp3) is 0.429. The van der Waals surface area contributed by atoms with E-state index in [0.29, 0.717) is 10.2 Å². The van der Waals surface area contributed by atoms with Crippen molar-refractivity contribution in [2.45, 2.75) is 33.1 Å². The lowest BCUT2D eigenvalue weighted by Crippen LogP contribution is -2.10. The van der Waals surface area contributed by atoms with Crippen molar-refractivity contribution >= 4 is 27.5 Å². The first-order chi connectivity index (χ1) is 9.79. The van der Waals surface area contributed by atoms with Crippen LogP contribution >= 0.6 is 11.3 Å². The van der Waals surface area contributed by atoms with E-state index in [4.69, 9.17) is 4.74 Å². The van der Waals surface area contributed by atoms with Crippen LogP contribution in [0.25, 0.3) is 10.2 Å². The van der Waals surface area contributed by atoms with Crippen LogP contribution in [0.15, 0.2) is 0 Å². The molecule has 7 heteroatoms. The van der Waals surface area contributed by atoms with Crippen LogP contribution < -0.4 is 0 Å². The van der Waals surface area contributed by atoms with Gasteiger partial charge in [-0.1, -0.05) is 20.8 Å². The van der Waals surface area contributed by atoms with Gasteiger partial charge in [0.15, 0.2) is 17.1 Å². The fourth-order valence-corrected chi connectivity index (χ4v) is 2.78. The van der Waals surface area contributed by atoms with Gasteiger partial charge in [0.2, 0.25) is 0 Å². The lowest BCUT2D eigenvalue weighted by molar-refractivity contribution is 0.0516. The number of carbonyl (C=O) groups excluding carboxylic acids is 1. The number of rotatable bonds is 2. The number of ether oxygens (including phenoxy) is 1. The van der Waals surface area contributed by atoms with Crippen molar-refractivity contribution in [2.75, 3.05) is 6.61 Å². The van der Waals surface area contributed by atoms with Crippen molar-refractivity contribution in [3.63, 3.8) is 0 Å². The van der Waals surface area contributed by atoms with Gasteiger partial charge in [-0.05, 0) is 6.92 Å². The number of carbonyl (C=O) groups is 1. The van der Waals surface area contributed by atoms with E-state index in [1.807, 2.05) is 26.8 Å². The molecule has 0 spiro atoms. The lowest BCUT2D eigenvalue weighted by Gasteiger charge is -2.13. The molecule has 0 amide bonds. The quantitative estimate of drug-likeness (QED) is 0.857. The standard InChI is InChI=1S/C14H15N3O3S/c1-5-20-12(19)9-10(18)11-8(7(6-15)16-9)17-13(21-11)14(2,3)4/h18H,5H2,1-4H3. The zero-order valence-electron chi connectivity index (χ0n) is 12.2. The maximum Gasteiger partial charge on any atom is 0.360 e. The molecule has 2 aromatic heterocycles. The van der Waals surface area contributed by atoms with Crippen LogP contribution in [0, 0.1) is 11.3 Å². The summed E-state index contributed by atoms with van der Waals surface area (Å²) in [5, 5.41) is 20.2. The molecule has 0 aliphatic heterocycles. The number of pyridine rings is 1. The van der Waals surface area contributed by atoms with Crippen LogP contribution in [-0.2, 0) is 10.2 Å². The Bertz CT molecular complexity index is 753. The Morgan fingerprint density at radius 2 is 2.10 bits per heavy atom. The van der Waals surface area contributed by atoms with E-state index in [0.717, 1.165) is 5.01 Å². The van der Waals surface area contributed by atoms with E-state index in [-0.39, 0.29) is 29.2 Å². The Labute approximate surface area is 126 Å². The van der Waals surface area contributed by atoms with E-state index < -0.39 is 5.97 Å². The molecular formula is C14H15N3O3S. The van der Waals surface area contributed by atoms with E-state index in [2.05, 4.69) is 9.97 Å². The summed E-state index contributed by atoms with van der Waals surface area (Å²) in [4.78, 5) is 20.1. The van der Waals surface area contributed by atoms with Gasteiger partial charge < -0.3 is 9.84 Å². The normalized spacial score (nSPS) is 11.4. The molecular weight excluding hydrogens is 290 g/mol. The molecule has 2 heterocycles. The highest BCUT2D eigenvalue weighted by Gasteiger charge is 2.26. The molecule has 21 heavy (non-hydrogen) atoms. The largest absolute Gasteiger partial charge is 0.504 e. The fourth-order valence-electron chi connectivity index (χ4n) is 1.71. The summed E-state index contributed by atoms with van der Waals surface area (Å²) in [6, 6.07) is 1.91. The smallest absolute Gasteiger partial charge is 0.360 e. The SMILES string of the molecule is CCOC(=O)c1nc(C#N)c2nc(C(C)(C)C)sc2c1O. The molecule has 1 N–H and O–H groups in total. The Hall–Kier alpha value is -2.20. The molecule has 0 bridgehead atoms. The predicted octanol–water partition coefficient (Wildman–Crippen LogP) is 2.74. The first kappa shape index (κ1) is 15.2. The second kappa shape index (κ2) is 5.30. The molecule has 0 unspecified atom stereocenters. The number of nitrogens with zero attached hydrogens (tertiary/aromatic N) is 3. The Balaban J connectivity index is 2.75. The molecule has 2 rings (SSSR count). The second-order valence-electron chi connectivity index (χ2n) is 5.44. The number of hydrogen-bond donors (Lipinski definition) is 1. The van der Waals surface area contributed by atoms with Crippen LogP contribution in [-0.4, -0.2) is 27.7 Å². The van der Waals surface area contributed by atoms with Gasteiger partial charge in [0.25, 0.3) is 0 Å². The van der Waals surface area contributed by atoms with E-state index in [1.165, 1.54) is 11.3 Å². The summed E-state index contributed by atoms with van der Waals surface area (Å²) in [6.07, 6.45) is 0. The number of nitriles is 1. The van der Waals surface area contributed by atoms with Crippen LogP contribution in [0.3, 0.4) is 0 Å². The number of fused-ring (bicyclic) bond motifs is 1. The van der Waals surface area contributed by atoms with Gasteiger partial charge in [-0.25, -0.2) is 14.8 Å². The van der Waals surface area contributed by atoms with Crippen molar-refractivity contribution in [1.29, 1.82) is 5.26 Å². The maximum atomic E-state index is 11.8. The second-order valence-corrected chi connectivity index (χ2v) is 6.44. The van der Waals surface area contributed by atoms with Gasteiger partial charge in [-0.2, -0.15) is 5.26 Å². The minimum absolute atomic E-state index is 0.0117. The average molecular weight is 305 g/mol. The van der Waals surface area contributed by atoms with Crippen molar-refractivity contribution in [3.8, 4) is 11.8 Å². The summed E-state index contributed by atoms with van der Waals surface area (Å²) in [5.41, 5.74) is -0.145. The molecule has 0 saturated carbocycles. The zero-order valence-corrected chi connectivity index (χ0v) is 13.0. The lowest BCUT2D eigenvalue weighted by atomic mass is 9.98. The number of aromatic nitrogens is 2. The highest BCUT2D eigenvalue weighted by atomic mass is 32.1. The Kier molecular flexibility index (Phi) is 3.83. The number of hydrogen-bond acceptors (Lipinski definition) is 7. The van der Waals surface area contributed by atoms with Crippen molar-refractivity contribution < 1.29 is 14.6 Å². The van der Waals surface area contributed by atoms with Crippen LogP contribution in [0.5, 0.6) is 5.75 Å². The highest BCUT2D eigenvalue weighted by Crippen LogP contribution is 2.38. The highest BCUT2D eigenvalue weighted by molar-refractivity contribution is 7.19. The molecule has 110 valence electrons. The predicted molar refractivity (Wildman–Crippen MR) is 78.5 cm³/mol. The molecule has 0 saturated heterocycles. The summed E-state index contributed by atoms with van der Waals surface area (Å²) in [6.45, 7) is 7.76. The topological polar surface area (TPSA) is 96.1 Å². The summed E-state index contributed by atoms with van der Waals surface area (Å²) >= 11 is 1.25. The molecule has 0 fully saturated rings.